The zero-order chi connectivity index (χ0) is 16.4. The molecule has 0 atom stereocenters. The van der Waals surface area contributed by atoms with Gasteiger partial charge in [-0.25, -0.2) is 0 Å². The molecule has 2 aromatic carbocycles. The van der Waals surface area contributed by atoms with Gasteiger partial charge < -0.3 is 14.7 Å². The molecule has 0 radical (unpaired) electrons. The molecule has 0 spiro atoms. The Bertz CT molecular complexity index is 887. The van der Waals surface area contributed by atoms with Crippen molar-refractivity contribution in [3.8, 4) is 0 Å². The van der Waals surface area contributed by atoms with Crippen LogP contribution in [0.4, 0.5) is 0 Å². The van der Waals surface area contributed by atoms with Crippen LogP contribution < -0.4 is 5.32 Å². The van der Waals surface area contributed by atoms with Crippen LogP contribution in [-0.2, 0) is 0 Å². The second-order valence-corrected chi connectivity index (χ2v) is 5.61. The summed E-state index contributed by atoms with van der Waals surface area (Å²) < 4.78 is 5.31. The van der Waals surface area contributed by atoms with Crippen molar-refractivity contribution in [1.29, 1.82) is 0 Å². The van der Waals surface area contributed by atoms with E-state index >= 15 is 0 Å². The summed E-state index contributed by atoms with van der Waals surface area (Å²) in [5.41, 5.74) is 4.05. The van der Waals surface area contributed by atoms with E-state index in [1.54, 1.807) is 18.4 Å². The second kappa shape index (κ2) is 6.08. The van der Waals surface area contributed by atoms with E-state index < -0.39 is 0 Å². The standard InChI is InChI=1S/C20H16N2O2/c23-20(17-13-18-16(21-17)11-12-24-18)22-19(14-7-3-1-4-8-14)15-9-5-2-6-10-15/h1-13,19,21H,(H,22,23). The van der Waals surface area contributed by atoms with Gasteiger partial charge in [0.2, 0.25) is 0 Å². The van der Waals surface area contributed by atoms with Gasteiger partial charge in [-0.1, -0.05) is 60.7 Å². The minimum atomic E-state index is -0.213. The highest BCUT2D eigenvalue weighted by Gasteiger charge is 2.19. The smallest absolute Gasteiger partial charge is 0.268 e. The number of aromatic amines is 1. The molecule has 2 aromatic heterocycles. The summed E-state index contributed by atoms with van der Waals surface area (Å²) in [6.45, 7) is 0. The molecule has 0 saturated carbocycles. The Labute approximate surface area is 139 Å². The Balaban J connectivity index is 1.66. The number of carbonyl (C=O) groups excluding carboxylic acids is 1. The maximum Gasteiger partial charge on any atom is 0.268 e. The van der Waals surface area contributed by atoms with Gasteiger partial charge in [-0.3, -0.25) is 4.79 Å². The molecular weight excluding hydrogens is 300 g/mol. The molecule has 0 aliphatic heterocycles. The largest absolute Gasteiger partial charge is 0.463 e. The highest BCUT2D eigenvalue weighted by atomic mass is 16.3. The SMILES string of the molecule is O=C(NC(c1ccccc1)c1ccccc1)c1cc2occc2[nH]1. The lowest BCUT2D eigenvalue weighted by Gasteiger charge is -2.19. The molecule has 0 unspecified atom stereocenters. The van der Waals surface area contributed by atoms with Gasteiger partial charge in [0, 0.05) is 12.1 Å². The number of nitrogens with one attached hydrogen (secondary N) is 2. The van der Waals surface area contributed by atoms with Gasteiger partial charge in [0.15, 0.2) is 5.58 Å². The van der Waals surface area contributed by atoms with E-state index in [9.17, 15) is 4.79 Å². The van der Waals surface area contributed by atoms with E-state index in [2.05, 4.69) is 10.3 Å². The first-order valence-electron chi connectivity index (χ1n) is 7.78. The first-order valence-corrected chi connectivity index (χ1v) is 7.78. The fourth-order valence-corrected chi connectivity index (χ4v) is 2.83. The van der Waals surface area contributed by atoms with Gasteiger partial charge in [-0.15, -0.1) is 0 Å². The Hall–Kier alpha value is -3.27. The number of amides is 1. The van der Waals surface area contributed by atoms with Crippen molar-refractivity contribution in [1.82, 2.24) is 10.3 Å². The predicted octanol–water partition coefficient (Wildman–Crippen LogP) is 4.28. The highest BCUT2D eigenvalue weighted by Crippen LogP contribution is 2.23. The summed E-state index contributed by atoms with van der Waals surface area (Å²) in [4.78, 5) is 15.8. The molecule has 4 nitrogen and oxygen atoms in total. The Morgan fingerprint density at radius 1 is 0.917 bits per heavy atom. The fourth-order valence-electron chi connectivity index (χ4n) is 2.83. The molecule has 4 aromatic rings. The molecule has 0 bridgehead atoms. The van der Waals surface area contributed by atoms with Crippen LogP contribution >= 0.6 is 0 Å². The predicted molar refractivity (Wildman–Crippen MR) is 92.8 cm³/mol. The third-order valence-corrected chi connectivity index (χ3v) is 4.03. The van der Waals surface area contributed by atoms with Crippen LogP contribution in [0.2, 0.25) is 0 Å². The van der Waals surface area contributed by atoms with Gasteiger partial charge in [0.1, 0.15) is 5.69 Å². The van der Waals surface area contributed by atoms with Crippen LogP contribution in [0.3, 0.4) is 0 Å². The fraction of sp³-hybridized carbons (Fsp3) is 0.0500. The number of furan rings is 1. The summed E-state index contributed by atoms with van der Waals surface area (Å²) in [5.74, 6) is -0.167. The summed E-state index contributed by atoms with van der Waals surface area (Å²) in [6.07, 6.45) is 1.60. The number of H-pyrrole nitrogens is 1. The van der Waals surface area contributed by atoms with E-state index in [4.69, 9.17) is 4.42 Å². The number of rotatable bonds is 4. The number of hydrogen-bond acceptors (Lipinski definition) is 2. The van der Waals surface area contributed by atoms with E-state index in [-0.39, 0.29) is 11.9 Å². The van der Waals surface area contributed by atoms with Crippen LogP contribution in [0.1, 0.15) is 27.7 Å². The maximum atomic E-state index is 12.7. The molecule has 0 saturated heterocycles. The lowest BCUT2D eigenvalue weighted by atomic mass is 9.98. The van der Waals surface area contributed by atoms with Gasteiger partial charge in [0.25, 0.3) is 5.91 Å². The second-order valence-electron chi connectivity index (χ2n) is 5.61. The van der Waals surface area contributed by atoms with Crippen LogP contribution in [-0.4, -0.2) is 10.9 Å². The van der Waals surface area contributed by atoms with E-state index in [0.29, 0.717) is 11.3 Å². The number of hydrogen-bond donors (Lipinski definition) is 2. The summed E-state index contributed by atoms with van der Waals surface area (Å²) in [6, 6.07) is 23.2. The zero-order valence-corrected chi connectivity index (χ0v) is 12.9. The lowest BCUT2D eigenvalue weighted by molar-refractivity contribution is 0.0938. The quantitative estimate of drug-likeness (QED) is 0.590. The van der Waals surface area contributed by atoms with Crippen molar-refractivity contribution >= 4 is 17.0 Å². The topological polar surface area (TPSA) is 58.0 Å². The molecule has 0 fully saturated rings. The molecule has 0 aliphatic carbocycles. The average molecular weight is 316 g/mol. The molecule has 2 heterocycles. The Morgan fingerprint density at radius 3 is 2.12 bits per heavy atom. The Morgan fingerprint density at radius 2 is 1.54 bits per heavy atom. The number of carbonyl (C=O) groups is 1. The van der Waals surface area contributed by atoms with Crippen molar-refractivity contribution in [2.24, 2.45) is 0 Å². The molecule has 118 valence electrons. The molecule has 0 aliphatic rings. The third-order valence-electron chi connectivity index (χ3n) is 4.03. The monoisotopic (exact) mass is 316 g/mol. The average Bonchev–Trinajstić information content (AvgIpc) is 3.23. The van der Waals surface area contributed by atoms with Crippen molar-refractivity contribution in [2.45, 2.75) is 6.04 Å². The number of fused-ring (bicyclic) bond motifs is 1. The van der Waals surface area contributed by atoms with E-state index in [0.717, 1.165) is 16.6 Å². The van der Waals surface area contributed by atoms with Crippen molar-refractivity contribution < 1.29 is 9.21 Å². The normalized spacial score (nSPS) is 11.0. The molecule has 2 N–H and O–H groups in total. The summed E-state index contributed by atoms with van der Waals surface area (Å²) in [7, 11) is 0. The summed E-state index contributed by atoms with van der Waals surface area (Å²) in [5, 5.41) is 3.10. The van der Waals surface area contributed by atoms with Crippen LogP contribution in [0.5, 0.6) is 0 Å². The maximum absolute atomic E-state index is 12.7. The Kier molecular flexibility index (Phi) is 3.63. The van der Waals surface area contributed by atoms with Gasteiger partial charge >= 0.3 is 0 Å². The summed E-state index contributed by atoms with van der Waals surface area (Å²) >= 11 is 0. The minimum Gasteiger partial charge on any atom is -0.463 e. The first kappa shape index (κ1) is 14.3. The van der Waals surface area contributed by atoms with Crippen LogP contribution in [0, 0.1) is 0 Å². The first-order chi connectivity index (χ1) is 11.8. The minimum absolute atomic E-state index is 0.167. The van der Waals surface area contributed by atoms with Crippen LogP contribution in [0.15, 0.2) is 83.5 Å². The van der Waals surface area contributed by atoms with Crippen molar-refractivity contribution in [3.63, 3.8) is 0 Å². The number of aromatic nitrogens is 1. The van der Waals surface area contributed by atoms with E-state index in [1.807, 2.05) is 60.7 Å². The molecule has 24 heavy (non-hydrogen) atoms. The van der Waals surface area contributed by atoms with E-state index in [1.165, 1.54) is 0 Å². The van der Waals surface area contributed by atoms with Crippen LogP contribution in [0.25, 0.3) is 11.1 Å². The lowest BCUT2D eigenvalue weighted by Crippen LogP contribution is -2.29. The molecule has 4 rings (SSSR count). The van der Waals surface area contributed by atoms with Gasteiger partial charge in [-0.05, 0) is 11.1 Å². The van der Waals surface area contributed by atoms with Gasteiger partial charge in [-0.2, -0.15) is 0 Å². The third kappa shape index (κ3) is 2.70. The van der Waals surface area contributed by atoms with Crippen molar-refractivity contribution in [2.75, 3.05) is 0 Å². The zero-order valence-electron chi connectivity index (χ0n) is 12.9. The number of benzene rings is 2. The van der Waals surface area contributed by atoms with Gasteiger partial charge in [0.05, 0.1) is 17.8 Å². The molecule has 4 heteroatoms. The highest BCUT2D eigenvalue weighted by molar-refractivity contribution is 5.97. The van der Waals surface area contributed by atoms with Crippen molar-refractivity contribution in [3.05, 3.63) is 95.9 Å². The molecule has 1 amide bonds. The molecular formula is C20H16N2O2.